The molecule has 1 aliphatic rings. The third-order valence-electron chi connectivity index (χ3n) is 4.32. The minimum Gasteiger partial charge on any atom is -0.395 e. The van der Waals surface area contributed by atoms with Crippen LogP contribution in [0.5, 0.6) is 0 Å². The van der Waals surface area contributed by atoms with Crippen LogP contribution in [0.1, 0.15) is 31.1 Å². The highest BCUT2D eigenvalue weighted by Crippen LogP contribution is 2.17. The predicted molar refractivity (Wildman–Crippen MR) is 89.9 cm³/mol. The Morgan fingerprint density at radius 1 is 1.00 bits per heavy atom. The van der Waals surface area contributed by atoms with Crippen molar-refractivity contribution in [3.63, 3.8) is 0 Å². The second-order valence-corrected chi connectivity index (χ2v) is 6.72. The van der Waals surface area contributed by atoms with Crippen LogP contribution in [0.15, 0.2) is 24.3 Å². The summed E-state index contributed by atoms with van der Waals surface area (Å²) in [5, 5.41) is 19.4. The van der Waals surface area contributed by atoms with Gasteiger partial charge in [-0.25, -0.2) is 0 Å². The number of benzene rings is 1. The number of β-amino-alcohol motifs (C(OH)–C–C–N with tert-alkyl or cyclic N) is 2. The molecule has 22 heavy (non-hydrogen) atoms. The van der Waals surface area contributed by atoms with E-state index in [1.165, 1.54) is 5.56 Å². The van der Waals surface area contributed by atoms with Gasteiger partial charge in [-0.15, -0.1) is 0 Å². The van der Waals surface area contributed by atoms with E-state index in [4.69, 9.17) is 5.11 Å². The van der Waals surface area contributed by atoms with Gasteiger partial charge in [0.25, 0.3) is 0 Å². The maximum absolute atomic E-state index is 10.4. The molecule has 1 fully saturated rings. The molecule has 1 aromatic carbocycles. The van der Waals surface area contributed by atoms with Gasteiger partial charge < -0.3 is 10.2 Å². The minimum atomic E-state index is -0.419. The van der Waals surface area contributed by atoms with Crippen LogP contribution in [-0.2, 0) is 6.42 Å². The van der Waals surface area contributed by atoms with Gasteiger partial charge in [-0.05, 0) is 23.5 Å². The Hall–Kier alpha value is -0.940. The topological polar surface area (TPSA) is 46.9 Å². The SMILES string of the molecule is CC(C)Cc1ccc([C@H](O)CN2CCN(CCO)CC2)cc1. The molecule has 1 saturated heterocycles. The summed E-state index contributed by atoms with van der Waals surface area (Å²) in [6.45, 7) is 9.99. The van der Waals surface area contributed by atoms with Crippen molar-refractivity contribution in [1.29, 1.82) is 0 Å². The standard InChI is InChI=1S/C18H30N2O2/c1-15(2)13-16-3-5-17(6-4-16)18(22)14-20-9-7-19(8-10-20)11-12-21/h3-6,15,18,21-22H,7-14H2,1-2H3/t18-/m1/s1. The maximum atomic E-state index is 10.4. The van der Waals surface area contributed by atoms with Crippen LogP contribution in [0.25, 0.3) is 0 Å². The Morgan fingerprint density at radius 2 is 1.59 bits per heavy atom. The average molecular weight is 306 g/mol. The highest BCUT2D eigenvalue weighted by Gasteiger charge is 2.19. The van der Waals surface area contributed by atoms with E-state index in [1.54, 1.807) is 0 Å². The van der Waals surface area contributed by atoms with Crippen LogP contribution in [0.4, 0.5) is 0 Å². The molecule has 0 radical (unpaired) electrons. The van der Waals surface area contributed by atoms with Crippen molar-refractivity contribution in [3.8, 4) is 0 Å². The smallest absolute Gasteiger partial charge is 0.0916 e. The van der Waals surface area contributed by atoms with Crippen molar-refractivity contribution < 1.29 is 10.2 Å². The molecule has 1 aliphatic heterocycles. The molecule has 2 rings (SSSR count). The summed E-state index contributed by atoms with van der Waals surface area (Å²) in [4.78, 5) is 4.57. The molecule has 0 amide bonds. The summed E-state index contributed by atoms with van der Waals surface area (Å²) in [5.41, 5.74) is 2.34. The molecule has 2 N–H and O–H groups in total. The van der Waals surface area contributed by atoms with Gasteiger partial charge in [-0.2, -0.15) is 0 Å². The molecular weight excluding hydrogens is 276 g/mol. The molecule has 0 spiro atoms. The summed E-state index contributed by atoms with van der Waals surface area (Å²) in [6.07, 6.45) is 0.668. The number of aliphatic hydroxyl groups is 2. The summed E-state index contributed by atoms with van der Waals surface area (Å²) < 4.78 is 0. The molecule has 1 heterocycles. The lowest BCUT2D eigenvalue weighted by Crippen LogP contribution is -2.48. The first-order valence-corrected chi connectivity index (χ1v) is 8.41. The first kappa shape index (κ1) is 17.4. The fraction of sp³-hybridized carbons (Fsp3) is 0.667. The van der Waals surface area contributed by atoms with Gasteiger partial charge in [0.1, 0.15) is 0 Å². The largest absolute Gasteiger partial charge is 0.395 e. The molecular formula is C18H30N2O2. The average Bonchev–Trinajstić information content (AvgIpc) is 2.49. The van der Waals surface area contributed by atoms with Gasteiger partial charge >= 0.3 is 0 Å². The number of nitrogens with zero attached hydrogens (tertiary/aromatic N) is 2. The van der Waals surface area contributed by atoms with Crippen LogP contribution in [0, 0.1) is 5.92 Å². The Balaban J connectivity index is 1.81. The van der Waals surface area contributed by atoms with E-state index in [0.717, 1.165) is 44.7 Å². The fourth-order valence-corrected chi connectivity index (χ4v) is 3.03. The van der Waals surface area contributed by atoms with E-state index in [1.807, 2.05) is 0 Å². The number of aliphatic hydroxyl groups excluding tert-OH is 2. The fourth-order valence-electron chi connectivity index (χ4n) is 3.03. The molecule has 124 valence electrons. The van der Waals surface area contributed by atoms with Crippen molar-refractivity contribution >= 4 is 0 Å². The number of hydrogen-bond donors (Lipinski definition) is 2. The van der Waals surface area contributed by atoms with E-state index in [9.17, 15) is 5.11 Å². The first-order chi connectivity index (χ1) is 10.6. The van der Waals surface area contributed by atoms with Crippen molar-refractivity contribution in [3.05, 3.63) is 35.4 Å². The van der Waals surface area contributed by atoms with E-state index >= 15 is 0 Å². The van der Waals surface area contributed by atoms with Crippen LogP contribution >= 0.6 is 0 Å². The Kier molecular flexibility index (Phi) is 6.83. The molecule has 0 bridgehead atoms. The molecule has 0 saturated carbocycles. The second kappa shape index (κ2) is 8.63. The lowest BCUT2D eigenvalue weighted by Gasteiger charge is -2.35. The molecule has 4 nitrogen and oxygen atoms in total. The third-order valence-corrected chi connectivity index (χ3v) is 4.32. The molecule has 0 unspecified atom stereocenters. The first-order valence-electron chi connectivity index (χ1n) is 8.41. The molecule has 0 aliphatic carbocycles. The number of piperazine rings is 1. The number of rotatable bonds is 7. The van der Waals surface area contributed by atoms with E-state index in [-0.39, 0.29) is 6.61 Å². The monoisotopic (exact) mass is 306 g/mol. The lowest BCUT2D eigenvalue weighted by molar-refractivity contribution is 0.0661. The quantitative estimate of drug-likeness (QED) is 0.802. The third kappa shape index (κ3) is 5.36. The zero-order chi connectivity index (χ0) is 15.9. The van der Waals surface area contributed by atoms with Gasteiger partial charge in [0, 0.05) is 39.3 Å². The summed E-state index contributed by atoms with van der Waals surface area (Å²) >= 11 is 0. The normalized spacial score (nSPS) is 18.8. The molecule has 1 aromatic rings. The van der Waals surface area contributed by atoms with E-state index < -0.39 is 6.10 Å². The summed E-state index contributed by atoms with van der Waals surface area (Å²) in [6, 6.07) is 8.39. The second-order valence-electron chi connectivity index (χ2n) is 6.72. The molecule has 4 heteroatoms. The molecule has 0 aromatic heterocycles. The van der Waals surface area contributed by atoms with E-state index in [2.05, 4.69) is 47.9 Å². The maximum Gasteiger partial charge on any atom is 0.0916 e. The van der Waals surface area contributed by atoms with Crippen molar-refractivity contribution in [2.45, 2.75) is 26.4 Å². The van der Waals surface area contributed by atoms with Crippen molar-refractivity contribution in [2.75, 3.05) is 45.9 Å². The lowest BCUT2D eigenvalue weighted by atomic mass is 10.00. The van der Waals surface area contributed by atoms with Crippen LogP contribution in [0.3, 0.4) is 0 Å². The summed E-state index contributed by atoms with van der Waals surface area (Å²) in [5.74, 6) is 0.658. The Labute approximate surface area is 134 Å². The van der Waals surface area contributed by atoms with Crippen molar-refractivity contribution in [2.24, 2.45) is 5.92 Å². The highest BCUT2D eigenvalue weighted by molar-refractivity contribution is 5.24. The molecule has 1 atom stereocenters. The van der Waals surface area contributed by atoms with Gasteiger partial charge in [-0.1, -0.05) is 38.1 Å². The Morgan fingerprint density at radius 3 is 2.14 bits per heavy atom. The zero-order valence-corrected chi connectivity index (χ0v) is 13.9. The Bertz CT molecular complexity index is 425. The van der Waals surface area contributed by atoms with Crippen LogP contribution in [0.2, 0.25) is 0 Å². The zero-order valence-electron chi connectivity index (χ0n) is 13.9. The van der Waals surface area contributed by atoms with Gasteiger partial charge in [0.2, 0.25) is 0 Å². The highest BCUT2D eigenvalue weighted by atomic mass is 16.3. The summed E-state index contributed by atoms with van der Waals surface area (Å²) in [7, 11) is 0. The van der Waals surface area contributed by atoms with Gasteiger partial charge in [-0.3, -0.25) is 9.80 Å². The van der Waals surface area contributed by atoms with Crippen LogP contribution < -0.4 is 0 Å². The van der Waals surface area contributed by atoms with Crippen molar-refractivity contribution in [1.82, 2.24) is 9.80 Å². The predicted octanol–water partition coefficient (Wildman–Crippen LogP) is 1.53. The number of hydrogen-bond acceptors (Lipinski definition) is 4. The van der Waals surface area contributed by atoms with Gasteiger partial charge in [0.05, 0.1) is 12.7 Å². The van der Waals surface area contributed by atoms with Gasteiger partial charge in [0.15, 0.2) is 0 Å². The van der Waals surface area contributed by atoms with Crippen LogP contribution in [-0.4, -0.2) is 65.9 Å². The van der Waals surface area contributed by atoms with E-state index in [0.29, 0.717) is 12.5 Å². The minimum absolute atomic E-state index is 0.228.